The fourth-order valence-corrected chi connectivity index (χ4v) is 3.51. The second kappa shape index (κ2) is 5.36. The molecule has 4 atom stereocenters. The third kappa shape index (κ3) is 2.47. The average Bonchev–Trinajstić information content (AvgIpc) is 2.93. The van der Waals surface area contributed by atoms with E-state index >= 15 is 0 Å². The van der Waals surface area contributed by atoms with E-state index in [2.05, 4.69) is 11.8 Å². The van der Waals surface area contributed by atoms with Gasteiger partial charge in [0.1, 0.15) is 0 Å². The molecule has 4 nitrogen and oxygen atoms in total. The fraction of sp³-hybridized carbons (Fsp3) is 0.923. The van der Waals surface area contributed by atoms with Crippen LogP contribution in [0.5, 0.6) is 0 Å². The molecule has 0 aromatic rings. The van der Waals surface area contributed by atoms with E-state index in [0.717, 1.165) is 19.6 Å². The van der Waals surface area contributed by atoms with Crippen molar-refractivity contribution in [2.75, 3.05) is 26.7 Å². The Labute approximate surface area is 103 Å². The number of carbonyl (C=O) groups excluding carboxylic acids is 1. The number of hydrogen-bond donors (Lipinski definition) is 1. The zero-order valence-electron chi connectivity index (χ0n) is 10.9. The van der Waals surface area contributed by atoms with Crippen molar-refractivity contribution < 1.29 is 9.53 Å². The van der Waals surface area contributed by atoms with Crippen LogP contribution in [0.2, 0.25) is 0 Å². The van der Waals surface area contributed by atoms with Gasteiger partial charge in [-0.05, 0) is 31.2 Å². The molecule has 2 rings (SSSR count). The molecular formula is C13H24N2O2. The van der Waals surface area contributed by atoms with E-state index in [-0.39, 0.29) is 11.9 Å². The molecule has 0 aromatic carbocycles. The highest BCUT2D eigenvalue weighted by molar-refractivity contribution is 5.73. The number of likely N-dealkylation sites (tertiary alicyclic amines) is 1. The summed E-state index contributed by atoms with van der Waals surface area (Å²) < 4.78 is 4.88. The highest BCUT2D eigenvalue weighted by atomic mass is 16.5. The molecular weight excluding hydrogens is 216 g/mol. The number of rotatable bonds is 3. The van der Waals surface area contributed by atoms with E-state index in [1.54, 1.807) is 0 Å². The summed E-state index contributed by atoms with van der Waals surface area (Å²) in [7, 11) is 1.48. The van der Waals surface area contributed by atoms with E-state index < -0.39 is 0 Å². The zero-order chi connectivity index (χ0) is 12.4. The molecule has 98 valence electrons. The molecule has 0 aromatic heterocycles. The van der Waals surface area contributed by atoms with Crippen LogP contribution < -0.4 is 5.73 Å². The van der Waals surface area contributed by atoms with Gasteiger partial charge in [-0.3, -0.25) is 9.69 Å². The molecule has 4 heteroatoms. The van der Waals surface area contributed by atoms with Gasteiger partial charge in [-0.2, -0.15) is 0 Å². The molecule has 0 radical (unpaired) electrons. The Morgan fingerprint density at radius 1 is 1.41 bits per heavy atom. The van der Waals surface area contributed by atoms with Crippen molar-refractivity contribution in [1.29, 1.82) is 0 Å². The maximum absolute atomic E-state index is 11.7. The van der Waals surface area contributed by atoms with Gasteiger partial charge in [-0.25, -0.2) is 0 Å². The molecule has 2 aliphatic rings. The molecule has 1 saturated heterocycles. The predicted octanol–water partition coefficient (Wildman–Crippen LogP) is 0.855. The highest BCUT2D eigenvalue weighted by Crippen LogP contribution is 2.34. The summed E-state index contributed by atoms with van der Waals surface area (Å²) in [6.45, 7) is 4.79. The molecule has 1 aliphatic heterocycles. The van der Waals surface area contributed by atoms with Gasteiger partial charge in [-0.15, -0.1) is 0 Å². The van der Waals surface area contributed by atoms with E-state index in [1.165, 1.54) is 26.4 Å². The van der Waals surface area contributed by atoms with Gasteiger partial charge in [0, 0.05) is 19.1 Å². The van der Waals surface area contributed by atoms with E-state index in [0.29, 0.717) is 17.9 Å². The lowest BCUT2D eigenvalue weighted by Gasteiger charge is -2.28. The van der Waals surface area contributed by atoms with Crippen molar-refractivity contribution in [2.24, 2.45) is 23.5 Å². The van der Waals surface area contributed by atoms with Crippen molar-refractivity contribution in [2.45, 2.75) is 32.2 Å². The zero-order valence-corrected chi connectivity index (χ0v) is 10.9. The molecule has 2 N–H and O–H groups in total. The molecule has 1 heterocycles. The van der Waals surface area contributed by atoms with Crippen LogP contribution in [0, 0.1) is 17.8 Å². The number of hydrogen-bond acceptors (Lipinski definition) is 4. The highest BCUT2D eigenvalue weighted by Gasteiger charge is 2.41. The Balaban J connectivity index is 1.98. The summed E-state index contributed by atoms with van der Waals surface area (Å²) in [5, 5.41) is 0. The van der Waals surface area contributed by atoms with Crippen LogP contribution in [0.25, 0.3) is 0 Å². The number of methoxy groups -OCH3 is 1. The average molecular weight is 240 g/mol. The van der Waals surface area contributed by atoms with Crippen molar-refractivity contribution in [3.63, 3.8) is 0 Å². The Morgan fingerprint density at radius 3 is 2.82 bits per heavy atom. The van der Waals surface area contributed by atoms with E-state index in [4.69, 9.17) is 10.5 Å². The lowest BCUT2D eigenvalue weighted by atomic mass is 9.99. The first-order chi connectivity index (χ1) is 8.17. The van der Waals surface area contributed by atoms with Crippen LogP contribution in [0.4, 0.5) is 0 Å². The van der Waals surface area contributed by atoms with Gasteiger partial charge in [-0.1, -0.05) is 13.3 Å². The van der Waals surface area contributed by atoms with Gasteiger partial charge in [0.05, 0.1) is 13.0 Å². The summed E-state index contributed by atoms with van der Waals surface area (Å²) in [6, 6.07) is 0.595. The Morgan fingerprint density at radius 2 is 2.18 bits per heavy atom. The SMILES string of the molecule is COC(=O)C1CN(C2CCCC2CN)CC1C. The molecule has 0 spiro atoms. The molecule has 4 unspecified atom stereocenters. The second-order valence-corrected chi connectivity index (χ2v) is 5.55. The Hall–Kier alpha value is -0.610. The lowest BCUT2D eigenvalue weighted by Crippen LogP contribution is -2.39. The summed E-state index contributed by atoms with van der Waals surface area (Å²) in [6.07, 6.45) is 3.76. The largest absolute Gasteiger partial charge is 0.469 e. The third-order valence-electron chi connectivity index (χ3n) is 4.54. The predicted molar refractivity (Wildman–Crippen MR) is 66.4 cm³/mol. The second-order valence-electron chi connectivity index (χ2n) is 5.55. The number of carbonyl (C=O) groups is 1. The number of ether oxygens (including phenoxy) is 1. The van der Waals surface area contributed by atoms with Gasteiger partial charge in [0.15, 0.2) is 0 Å². The standard InChI is InChI=1S/C13H24N2O2/c1-9-7-15(8-11(9)13(16)17-2)12-5-3-4-10(12)6-14/h9-12H,3-8,14H2,1-2H3. The smallest absolute Gasteiger partial charge is 0.310 e. The van der Waals surface area contributed by atoms with E-state index in [9.17, 15) is 4.79 Å². The van der Waals surface area contributed by atoms with Crippen LogP contribution >= 0.6 is 0 Å². The molecule has 2 fully saturated rings. The monoisotopic (exact) mass is 240 g/mol. The Bertz CT molecular complexity index is 283. The molecule has 1 saturated carbocycles. The molecule has 17 heavy (non-hydrogen) atoms. The maximum Gasteiger partial charge on any atom is 0.310 e. The van der Waals surface area contributed by atoms with Crippen molar-refractivity contribution >= 4 is 5.97 Å². The summed E-state index contributed by atoms with van der Waals surface area (Å²) in [4.78, 5) is 14.1. The normalized spacial score (nSPS) is 38.5. The number of esters is 1. The van der Waals surface area contributed by atoms with Crippen LogP contribution in [-0.2, 0) is 9.53 Å². The van der Waals surface area contributed by atoms with Crippen molar-refractivity contribution in [3.8, 4) is 0 Å². The first kappa shape index (κ1) is 12.8. The number of nitrogens with two attached hydrogens (primary N) is 1. The van der Waals surface area contributed by atoms with Gasteiger partial charge >= 0.3 is 5.97 Å². The third-order valence-corrected chi connectivity index (χ3v) is 4.54. The van der Waals surface area contributed by atoms with Gasteiger partial charge in [0.2, 0.25) is 0 Å². The quantitative estimate of drug-likeness (QED) is 0.743. The van der Waals surface area contributed by atoms with Gasteiger partial charge in [0.25, 0.3) is 0 Å². The van der Waals surface area contributed by atoms with E-state index in [1.807, 2.05) is 0 Å². The van der Waals surface area contributed by atoms with Crippen molar-refractivity contribution in [1.82, 2.24) is 4.90 Å². The molecule has 1 aliphatic carbocycles. The van der Waals surface area contributed by atoms with Crippen LogP contribution in [0.15, 0.2) is 0 Å². The van der Waals surface area contributed by atoms with Crippen LogP contribution in [-0.4, -0.2) is 43.7 Å². The first-order valence-electron chi connectivity index (χ1n) is 6.69. The first-order valence-corrected chi connectivity index (χ1v) is 6.69. The fourth-order valence-electron chi connectivity index (χ4n) is 3.51. The summed E-state index contributed by atoms with van der Waals surface area (Å²) in [5.74, 6) is 1.03. The molecule has 0 bridgehead atoms. The van der Waals surface area contributed by atoms with Crippen LogP contribution in [0.3, 0.4) is 0 Å². The summed E-state index contributed by atoms with van der Waals surface area (Å²) >= 11 is 0. The van der Waals surface area contributed by atoms with Gasteiger partial charge < -0.3 is 10.5 Å². The summed E-state index contributed by atoms with van der Waals surface area (Å²) in [5.41, 5.74) is 5.83. The van der Waals surface area contributed by atoms with Crippen LogP contribution in [0.1, 0.15) is 26.2 Å². The maximum atomic E-state index is 11.7. The minimum atomic E-state index is -0.0534. The number of nitrogens with zero attached hydrogens (tertiary/aromatic N) is 1. The topological polar surface area (TPSA) is 55.6 Å². The minimum Gasteiger partial charge on any atom is -0.469 e. The Kier molecular flexibility index (Phi) is 4.05. The van der Waals surface area contributed by atoms with Crippen molar-refractivity contribution in [3.05, 3.63) is 0 Å². The molecule has 0 amide bonds. The minimum absolute atomic E-state index is 0.0534. The lowest BCUT2D eigenvalue weighted by molar-refractivity contribution is -0.146.